The summed E-state index contributed by atoms with van der Waals surface area (Å²) in [6, 6.07) is 6.88. The van der Waals surface area contributed by atoms with Crippen LogP contribution in [0.15, 0.2) is 24.3 Å². The number of benzene rings is 1. The number of carbonyl (C=O) groups excluding carboxylic acids is 3. The predicted octanol–water partition coefficient (Wildman–Crippen LogP) is 0.948. The van der Waals surface area contributed by atoms with Gasteiger partial charge in [0.15, 0.2) is 0 Å². The highest BCUT2D eigenvalue weighted by Gasteiger charge is 2.39. The summed E-state index contributed by atoms with van der Waals surface area (Å²) in [4.78, 5) is 38.3. The molecule has 2 aliphatic rings. The Hall–Kier alpha value is -2.25. The number of nitrogens with one attached hydrogen (secondary N) is 2. The molecule has 3 amide bonds. The molecule has 3 rings (SSSR count). The van der Waals surface area contributed by atoms with Crippen molar-refractivity contribution in [2.75, 3.05) is 33.3 Å². The monoisotopic (exact) mass is 359 g/mol. The van der Waals surface area contributed by atoms with Crippen LogP contribution in [-0.4, -0.2) is 61.5 Å². The molecule has 7 nitrogen and oxygen atoms in total. The van der Waals surface area contributed by atoms with Crippen LogP contribution in [0, 0.1) is 0 Å². The number of hydrogen-bond donors (Lipinski definition) is 2. The molecule has 0 aromatic heterocycles. The van der Waals surface area contributed by atoms with Crippen LogP contribution in [0.4, 0.5) is 0 Å². The van der Waals surface area contributed by atoms with Gasteiger partial charge in [0, 0.05) is 20.2 Å². The van der Waals surface area contributed by atoms with Crippen LogP contribution in [0.5, 0.6) is 0 Å². The third-order valence-corrected chi connectivity index (χ3v) is 5.19. The summed E-state index contributed by atoms with van der Waals surface area (Å²) in [5.74, 6) is -0.549. The summed E-state index contributed by atoms with van der Waals surface area (Å²) in [6.07, 6.45) is 2.65. The second-order valence-corrected chi connectivity index (χ2v) is 6.72. The molecule has 2 heterocycles. The highest BCUT2D eigenvalue weighted by Crippen LogP contribution is 2.23. The number of rotatable bonds is 7. The normalized spacial score (nSPS) is 18.7. The van der Waals surface area contributed by atoms with Crippen molar-refractivity contribution in [3.8, 4) is 0 Å². The molecule has 1 saturated heterocycles. The lowest BCUT2D eigenvalue weighted by molar-refractivity contribution is -0.146. The molecule has 2 aliphatic heterocycles. The smallest absolute Gasteiger partial charge is 0.261 e. The molecule has 1 aromatic carbocycles. The quantitative estimate of drug-likeness (QED) is 0.559. The Kier molecular flexibility index (Phi) is 5.68. The van der Waals surface area contributed by atoms with E-state index in [1.165, 1.54) is 4.90 Å². The van der Waals surface area contributed by atoms with E-state index in [1.54, 1.807) is 31.4 Å². The number of hydrogen-bond acceptors (Lipinski definition) is 5. The summed E-state index contributed by atoms with van der Waals surface area (Å²) in [7, 11) is 1.58. The molecule has 0 spiro atoms. The van der Waals surface area contributed by atoms with Crippen molar-refractivity contribution in [2.45, 2.75) is 31.3 Å². The van der Waals surface area contributed by atoms with E-state index in [-0.39, 0.29) is 17.7 Å². The minimum atomic E-state index is -0.742. The minimum Gasteiger partial charge on any atom is -0.368 e. The van der Waals surface area contributed by atoms with Gasteiger partial charge in [-0.05, 0) is 50.9 Å². The number of nitrogens with zero attached hydrogens (tertiary/aromatic N) is 1. The number of carbonyl (C=O) groups is 3. The van der Waals surface area contributed by atoms with Gasteiger partial charge in [0.1, 0.15) is 5.60 Å². The van der Waals surface area contributed by atoms with Gasteiger partial charge in [-0.3, -0.25) is 19.3 Å². The SMILES string of the molecule is COC1(C(=O)NCCCCN2C(=O)c3ccccc3C2=O)CCNCC1. The van der Waals surface area contributed by atoms with Crippen LogP contribution >= 0.6 is 0 Å². The highest BCUT2D eigenvalue weighted by molar-refractivity contribution is 6.21. The van der Waals surface area contributed by atoms with Crippen molar-refractivity contribution in [3.05, 3.63) is 35.4 Å². The number of amides is 3. The van der Waals surface area contributed by atoms with Crippen LogP contribution in [0.25, 0.3) is 0 Å². The van der Waals surface area contributed by atoms with Gasteiger partial charge in [-0.1, -0.05) is 12.1 Å². The third-order valence-electron chi connectivity index (χ3n) is 5.19. The van der Waals surface area contributed by atoms with Crippen LogP contribution in [-0.2, 0) is 9.53 Å². The average Bonchev–Trinajstić information content (AvgIpc) is 2.93. The van der Waals surface area contributed by atoms with E-state index in [0.29, 0.717) is 49.9 Å². The molecule has 1 fully saturated rings. The first-order valence-corrected chi connectivity index (χ1v) is 9.08. The van der Waals surface area contributed by atoms with Crippen molar-refractivity contribution >= 4 is 17.7 Å². The zero-order valence-corrected chi connectivity index (χ0v) is 15.0. The zero-order chi connectivity index (χ0) is 18.6. The van der Waals surface area contributed by atoms with Gasteiger partial charge in [-0.15, -0.1) is 0 Å². The molecule has 0 aliphatic carbocycles. The van der Waals surface area contributed by atoms with E-state index in [2.05, 4.69) is 10.6 Å². The lowest BCUT2D eigenvalue weighted by Gasteiger charge is -2.34. The molecule has 2 N–H and O–H groups in total. The largest absolute Gasteiger partial charge is 0.368 e. The Morgan fingerprint density at radius 3 is 2.35 bits per heavy atom. The molecule has 7 heteroatoms. The molecule has 26 heavy (non-hydrogen) atoms. The number of unbranched alkanes of at least 4 members (excludes halogenated alkanes) is 1. The van der Waals surface area contributed by atoms with Gasteiger partial charge in [0.25, 0.3) is 17.7 Å². The highest BCUT2D eigenvalue weighted by atomic mass is 16.5. The van der Waals surface area contributed by atoms with Crippen LogP contribution < -0.4 is 10.6 Å². The molecular formula is C19H25N3O4. The topological polar surface area (TPSA) is 87.7 Å². The molecule has 1 aromatic rings. The summed E-state index contributed by atoms with van der Waals surface area (Å²) in [6.45, 7) is 2.39. The number of ether oxygens (including phenoxy) is 1. The van der Waals surface area contributed by atoms with Crippen LogP contribution in [0.2, 0.25) is 0 Å². The molecule has 0 bridgehead atoms. The number of fused-ring (bicyclic) bond motifs is 1. The summed E-state index contributed by atoms with van der Waals surface area (Å²) < 4.78 is 5.49. The van der Waals surface area contributed by atoms with Crippen LogP contribution in [0.1, 0.15) is 46.4 Å². The molecule has 0 atom stereocenters. The Morgan fingerprint density at radius 2 is 1.77 bits per heavy atom. The van der Waals surface area contributed by atoms with Crippen molar-refractivity contribution in [3.63, 3.8) is 0 Å². The summed E-state index contributed by atoms with van der Waals surface area (Å²) in [5.41, 5.74) is 0.200. The van der Waals surface area contributed by atoms with E-state index < -0.39 is 5.60 Å². The van der Waals surface area contributed by atoms with Gasteiger partial charge >= 0.3 is 0 Å². The predicted molar refractivity (Wildman–Crippen MR) is 95.9 cm³/mol. The van der Waals surface area contributed by atoms with Crippen molar-refractivity contribution in [2.24, 2.45) is 0 Å². The molecule has 0 unspecified atom stereocenters. The maximum absolute atomic E-state index is 12.4. The molecule has 0 radical (unpaired) electrons. The summed E-state index contributed by atoms with van der Waals surface area (Å²) in [5, 5.41) is 6.15. The lowest BCUT2D eigenvalue weighted by atomic mass is 9.91. The van der Waals surface area contributed by atoms with Gasteiger partial charge < -0.3 is 15.4 Å². The number of piperidine rings is 1. The Labute approximate surface area is 153 Å². The fourth-order valence-electron chi connectivity index (χ4n) is 3.55. The summed E-state index contributed by atoms with van der Waals surface area (Å²) >= 11 is 0. The minimum absolute atomic E-state index is 0.0813. The molecule has 140 valence electrons. The second kappa shape index (κ2) is 7.97. The zero-order valence-electron chi connectivity index (χ0n) is 15.0. The van der Waals surface area contributed by atoms with Crippen molar-refractivity contribution in [1.82, 2.24) is 15.5 Å². The van der Waals surface area contributed by atoms with E-state index in [1.807, 2.05) is 0 Å². The van der Waals surface area contributed by atoms with Gasteiger partial charge in [-0.25, -0.2) is 0 Å². The fourth-order valence-corrected chi connectivity index (χ4v) is 3.55. The Bertz CT molecular complexity index is 663. The second-order valence-electron chi connectivity index (χ2n) is 6.72. The van der Waals surface area contributed by atoms with Gasteiger partial charge in [-0.2, -0.15) is 0 Å². The third kappa shape index (κ3) is 3.50. The first-order valence-electron chi connectivity index (χ1n) is 9.08. The molecule has 0 saturated carbocycles. The lowest BCUT2D eigenvalue weighted by Crippen LogP contribution is -2.54. The average molecular weight is 359 g/mol. The first-order chi connectivity index (χ1) is 12.6. The maximum Gasteiger partial charge on any atom is 0.261 e. The van der Waals surface area contributed by atoms with Crippen LogP contribution in [0.3, 0.4) is 0 Å². The number of methoxy groups -OCH3 is 1. The van der Waals surface area contributed by atoms with Gasteiger partial charge in [0.2, 0.25) is 0 Å². The van der Waals surface area contributed by atoms with E-state index in [0.717, 1.165) is 13.1 Å². The maximum atomic E-state index is 12.4. The first kappa shape index (κ1) is 18.5. The standard InChI is InChI=1S/C19H25N3O4/c1-26-19(8-11-20-12-9-19)18(25)21-10-4-5-13-22-16(23)14-6-2-3-7-15(14)17(22)24/h2-3,6-7,20H,4-5,8-13H2,1H3,(H,21,25). The Morgan fingerprint density at radius 1 is 1.15 bits per heavy atom. The van der Waals surface area contributed by atoms with Crippen molar-refractivity contribution in [1.29, 1.82) is 0 Å². The number of imide groups is 1. The van der Waals surface area contributed by atoms with Crippen molar-refractivity contribution < 1.29 is 19.1 Å². The van der Waals surface area contributed by atoms with E-state index >= 15 is 0 Å². The van der Waals surface area contributed by atoms with Gasteiger partial charge in [0.05, 0.1) is 11.1 Å². The fraction of sp³-hybridized carbons (Fsp3) is 0.526. The van der Waals surface area contributed by atoms with E-state index in [4.69, 9.17) is 4.74 Å². The Balaban J connectivity index is 1.43. The molecular weight excluding hydrogens is 334 g/mol. The van der Waals surface area contributed by atoms with E-state index in [9.17, 15) is 14.4 Å².